The van der Waals surface area contributed by atoms with E-state index in [-0.39, 0.29) is 17.5 Å². The molecule has 0 saturated carbocycles. The lowest BCUT2D eigenvalue weighted by molar-refractivity contribution is 0.590. The molecule has 0 radical (unpaired) electrons. The van der Waals surface area contributed by atoms with E-state index < -0.39 is 0 Å². The SMILES string of the molecule is CC(C)(C)c1ccc(N2c3ccc(C(C)(C)C)cc3B3c4c(cc5c6ccccc6c6cnccc6c5c42)-n2c4ccc5c6ccccc6c6ccccc6c5c4c4cc(-c5ccccc5-c5ccccc5)cc3c42)cc1. The van der Waals surface area contributed by atoms with Gasteiger partial charge in [0.15, 0.2) is 0 Å². The maximum absolute atomic E-state index is 4.82. The van der Waals surface area contributed by atoms with Gasteiger partial charge in [0.25, 0.3) is 6.71 Å². The first-order chi connectivity index (χ1) is 37.5. The number of pyridine rings is 1. The third-order valence-corrected chi connectivity index (χ3v) is 17.5. The first-order valence-electron chi connectivity index (χ1n) is 27.3. The lowest BCUT2D eigenvalue weighted by Crippen LogP contribution is -2.60. The predicted molar refractivity (Wildman–Crippen MR) is 331 cm³/mol. The van der Waals surface area contributed by atoms with Crippen LogP contribution in [0.1, 0.15) is 52.7 Å². The number of anilines is 3. The molecule has 14 aromatic rings. The number of benzene rings is 12. The first kappa shape index (κ1) is 44.3. The fourth-order valence-corrected chi connectivity index (χ4v) is 14.0. The average molecular weight is 984 g/mol. The van der Waals surface area contributed by atoms with Gasteiger partial charge >= 0.3 is 0 Å². The van der Waals surface area contributed by atoms with Gasteiger partial charge in [0.05, 0.1) is 11.2 Å². The molecular weight excluding hydrogens is 930 g/mol. The molecule has 0 atom stereocenters. The van der Waals surface area contributed by atoms with Crippen LogP contribution in [-0.4, -0.2) is 16.3 Å². The topological polar surface area (TPSA) is 21.1 Å². The molecule has 0 unspecified atom stereocenters. The molecule has 0 spiro atoms. The van der Waals surface area contributed by atoms with Gasteiger partial charge in [0.1, 0.15) is 0 Å². The van der Waals surface area contributed by atoms with Crippen LogP contribution in [0.3, 0.4) is 0 Å². The van der Waals surface area contributed by atoms with Crippen LogP contribution in [-0.2, 0) is 10.8 Å². The molecule has 0 fully saturated rings. The zero-order valence-corrected chi connectivity index (χ0v) is 44.2. The molecule has 2 aromatic heterocycles. The van der Waals surface area contributed by atoms with E-state index >= 15 is 0 Å². The fraction of sp³-hybridized carbons (Fsp3) is 0.110. The van der Waals surface area contributed by atoms with Crippen molar-refractivity contribution in [1.82, 2.24) is 9.55 Å². The van der Waals surface area contributed by atoms with Crippen molar-refractivity contribution in [1.29, 1.82) is 0 Å². The Morgan fingerprint density at radius 1 is 0.390 bits per heavy atom. The standard InChI is InChI=1S/C73H54BN3/c1-72(2,3)45-28-31-47(32-29-45)76-63-34-30-46(73(4,5)6)40-61(63)74-62-39-44(49-21-11-10-20-48(49)43-18-8-7-9-19-43)38-59-68-64(35-33-56-52-24-13-12-22-50(52)51-23-16-17-27-55(51)66(56)68)77(70(59)62)65-41-58-53-25-14-15-26-54(53)60-42-75-37-36-57(60)67(58)71(76)69(65)74/h7-42H,1-6H3. The Hall–Kier alpha value is -8.99. The highest BCUT2D eigenvalue weighted by Gasteiger charge is 2.44. The van der Waals surface area contributed by atoms with Crippen LogP contribution >= 0.6 is 0 Å². The van der Waals surface area contributed by atoms with Crippen LogP contribution in [0.15, 0.2) is 219 Å². The molecular formula is C73H54BN3. The summed E-state index contributed by atoms with van der Waals surface area (Å²) in [5.74, 6) is 0. The average Bonchev–Trinajstić information content (AvgIpc) is 3.48. The number of rotatable bonds is 3. The predicted octanol–water partition coefficient (Wildman–Crippen LogP) is 17.6. The Bertz CT molecular complexity index is 4840. The van der Waals surface area contributed by atoms with E-state index in [1.165, 1.54) is 148 Å². The van der Waals surface area contributed by atoms with Gasteiger partial charge in [-0.3, -0.25) is 4.98 Å². The second-order valence-corrected chi connectivity index (χ2v) is 23.8. The van der Waals surface area contributed by atoms with Gasteiger partial charge in [-0.15, -0.1) is 0 Å². The van der Waals surface area contributed by atoms with Crippen molar-refractivity contribution in [2.75, 3.05) is 4.90 Å². The lowest BCUT2D eigenvalue weighted by atomic mass is 9.33. The second kappa shape index (κ2) is 15.8. The smallest absolute Gasteiger partial charge is 0.252 e. The van der Waals surface area contributed by atoms with Gasteiger partial charge in [0, 0.05) is 61.9 Å². The summed E-state index contributed by atoms with van der Waals surface area (Å²) in [6.07, 6.45) is 4.08. The van der Waals surface area contributed by atoms with E-state index in [0.29, 0.717) is 0 Å². The van der Waals surface area contributed by atoms with E-state index in [0.717, 1.165) is 11.1 Å². The first-order valence-corrected chi connectivity index (χ1v) is 27.3. The van der Waals surface area contributed by atoms with Crippen molar-refractivity contribution in [2.45, 2.75) is 52.4 Å². The molecule has 77 heavy (non-hydrogen) atoms. The monoisotopic (exact) mass is 983 g/mol. The van der Waals surface area contributed by atoms with Crippen LogP contribution in [0.5, 0.6) is 0 Å². The minimum atomic E-state index is -0.123. The minimum Gasteiger partial charge on any atom is -0.311 e. The van der Waals surface area contributed by atoms with E-state index in [9.17, 15) is 0 Å². The van der Waals surface area contributed by atoms with E-state index in [4.69, 9.17) is 4.98 Å². The third-order valence-electron chi connectivity index (χ3n) is 17.5. The second-order valence-electron chi connectivity index (χ2n) is 23.8. The largest absolute Gasteiger partial charge is 0.311 e. The summed E-state index contributed by atoms with van der Waals surface area (Å²) in [5, 5.41) is 17.6. The fourth-order valence-electron chi connectivity index (χ4n) is 14.0. The van der Waals surface area contributed by atoms with Crippen LogP contribution in [0.25, 0.3) is 114 Å². The van der Waals surface area contributed by atoms with Gasteiger partial charge < -0.3 is 9.47 Å². The van der Waals surface area contributed by atoms with Gasteiger partial charge in [-0.05, 0) is 152 Å². The van der Waals surface area contributed by atoms with Crippen molar-refractivity contribution in [3.05, 3.63) is 230 Å². The molecule has 364 valence electrons. The molecule has 2 aliphatic rings. The zero-order chi connectivity index (χ0) is 51.6. The summed E-state index contributed by atoms with van der Waals surface area (Å²) in [6, 6.07) is 78.8. The molecule has 4 heterocycles. The van der Waals surface area contributed by atoms with Crippen LogP contribution < -0.4 is 21.3 Å². The highest BCUT2D eigenvalue weighted by molar-refractivity contribution is 7.00. The zero-order valence-electron chi connectivity index (χ0n) is 44.2. The van der Waals surface area contributed by atoms with Crippen molar-refractivity contribution < 1.29 is 0 Å². The summed E-state index contributed by atoms with van der Waals surface area (Å²) < 4.78 is 2.69. The molecule has 0 amide bonds. The normalized spacial score (nSPS) is 13.3. The van der Waals surface area contributed by atoms with Crippen molar-refractivity contribution in [2.24, 2.45) is 0 Å². The number of fused-ring (bicyclic) bond motifs is 21. The summed E-state index contributed by atoms with van der Waals surface area (Å²) in [7, 11) is 0. The molecule has 0 aliphatic carbocycles. The number of hydrogen-bond acceptors (Lipinski definition) is 2. The Morgan fingerprint density at radius 3 is 1.65 bits per heavy atom. The summed E-state index contributed by atoms with van der Waals surface area (Å²) in [4.78, 5) is 7.45. The van der Waals surface area contributed by atoms with E-state index in [1.807, 2.05) is 6.20 Å². The molecule has 12 aromatic carbocycles. The quantitative estimate of drug-likeness (QED) is 0.130. The number of aromatic nitrogens is 2. The van der Waals surface area contributed by atoms with E-state index in [1.54, 1.807) is 0 Å². The van der Waals surface area contributed by atoms with Gasteiger partial charge in [-0.2, -0.15) is 0 Å². The van der Waals surface area contributed by atoms with Crippen molar-refractivity contribution >= 4 is 127 Å². The summed E-state index contributed by atoms with van der Waals surface area (Å²) in [6.45, 7) is 13.9. The maximum atomic E-state index is 4.82. The van der Waals surface area contributed by atoms with Gasteiger partial charge in [0.2, 0.25) is 0 Å². The third kappa shape index (κ3) is 6.18. The molecule has 3 nitrogen and oxygen atoms in total. The lowest BCUT2D eigenvalue weighted by Gasteiger charge is -2.42. The molecule has 0 N–H and O–H groups in total. The number of hydrogen-bond donors (Lipinski definition) is 0. The van der Waals surface area contributed by atoms with Crippen molar-refractivity contribution in [3.63, 3.8) is 0 Å². The highest BCUT2D eigenvalue weighted by atomic mass is 15.2. The Morgan fingerprint density at radius 2 is 0.961 bits per heavy atom. The summed E-state index contributed by atoms with van der Waals surface area (Å²) >= 11 is 0. The maximum Gasteiger partial charge on any atom is 0.252 e. The molecule has 0 bridgehead atoms. The van der Waals surface area contributed by atoms with Crippen LogP contribution in [0.2, 0.25) is 0 Å². The highest BCUT2D eigenvalue weighted by Crippen LogP contribution is 2.51. The van der Waals surface area contributed by atoms with Crippen LogP contribution in [0, 0.1) is 0 Å². The molecule has 16 rings (SSSR count). The minimum absolute atomic E-state index is 0.00501. The molecule has 0 saturated heterocycles. The Labute approximate surface area is 448 Å². The van der Waals surface area contributed by atoms with Gasteiger partial charge in [-0.25, -0.2) is 0 Å². The van der Waals surface area contributed by atoms with Gasteiger partial charge in [-0.1, -0.05) is 205 Å². The molecule has 2 aliphatic heterocycles. The van der Waals surface area contributed by atoms with Crippen LogP contribution in [0.4, 0.5) is 17.1 Å². The van der Waals surface area contributed by atoms with Crippen molar-refractivity contribution in [3.8, 4) is 27.9 Å². The molecule has 4 heteroatoms. The van der Waals surface area contributed by atoms with E-state index in [2.05, 4.69) is 263 Å². The summed E-state index contributed by atoms with van der Waals surface area (Å²) in [5.41, 5.74) is 18.7. The Kier molecular flexibility index (Phi) is 9.09. The number of nitrogens with zero attached hydrogens (tertiary/aromatic N) is 3. The Balaban J connectivity index is 1.16.